The van der Waals surface area contributed by atoms with Crippen molar-refractivity contribution in [3.8, 4) is 11.5 Å². The molecule has 1 aliphatic rings. The lowest BCUT2D eigenvalue weighted by Crippen LogP contribution is -2.36. The highest BCUT2D eigenvalue weighted by Gasteiger charge is 2.18. The number of hydrogen-bond acceptors (Lipinski definition) is 5. The van der Waals surface area contributed by atoms with Gasteiger partial charge < -0.3 is 24.6 Å². The first-order valence-electron chi connectivity index (χ1n) is 9.67. The van der Waals surface area contributed by atoms with Gasteiger partial charge in [0, 0.05) is 43.1 Å². The van der Waals surface area contributed by atoms with Crippen LogP contribution in [0.2, 0.25) is 0 Å². The standard InChI is InChI=1S/C22H27N3O4/c1-16(26)25(19-9-7-18(8-10-19)24-12-4-5-13-24)15-22(27)23-17-6-11-20(28-2)21(14-17)29-3/h6-11,14H,4-5,12-13,15H2,1-3H3,(H,23,27). The van der Waals surface area contributed by atoms with E-state index in [1.165, 1.54) is 31.8 Å². The van der Waals surface area contributed by atoms with Gasteiger partial charge in [0.15, 0.2) is 11.5 Å². The van der Waals surface area contributed by atoms with E-state index in [1.807, 2.05) is 24.3 Å². The average Bonchev–Trinajstić information content (AvgIpc) is 3.27. The molecule has 29 heavy (non-hydrogen) atoms. The predicted octanol–water partition coefficient (Wildman–Crippen LogP) is 3.30. The molecule has 3 rings (SSSR count). The molecule has 0 spiro atoms. The Bertz CT molecular complexity index is 861. The molecule has 7 heteroatoms. The number of nitrogens with zero attached hydrogens (tertiary/aromatic N) is 2. The van der Waals surface area contributed by atoms with Crippen LogP contribution in [0.15, 0.2) is 42.5 Å². The molecule has 1 heterocycles. The largest absolute Gasteiger partial charge is 0.493 e. The molecule has 0 saturated carbocycles. The van der Waals surface area contributed by atoms with Crippen molar-refractivity contribution in [1.82, 2.24) is 0 Å². The Morgan fingerprint density at radius 1 is 1.00 bits per heavy atom. The van der Waals surface area contributed by atoms with Gasteiger partial charge in [-0.25, -0.2) is 0 Å². The maximum absolute atomic E-state index is 12.5. The zero-order valence-electron chi connectivity index (χ0n) is 17.1. The number of hydrogen-bond donors (Lipinski definition) is 1. The van der Waals surface area contributed by atoms with Crippen LogP contribution in [0.4, 0.5) is 17.1 Å². The zero-order valence-corrected chi connectivity index (χ0v) is 17.1. The lowest BCUT2D eigenvalue weighted by molar-refractivity contribution is -0.120. The first-order valence-corrected chi connectivity index (χ1v) is 9.67. The van der Waals surface area contributed by atoms with Crippen LogP contribution in [0.25, 0.3) is 0 Å². The highest BCUT2D eigenvalue weighted by atomic mass is 16.5. The minimum Gasteiger partial charge on any atom is -0.493 e. The monoisotopic (exact) mass is 397 g/mol. The molecule has 0 aliphatic carbocycles. The maximum atomic E-state index is 12.5. The fourth-order valence-electron chi connectivity index (χ4n) is 3.46. The summed E-state index contributed by atoms with van der Waals surface area (Å²) in [6.45, 7) is 3.50. The lowest BCUT2D eigenvalue weighted by atomic mass is 10.2. The van der Waals surface area contributed by atoms with Gasteiger partial charge in [0.05, 0.1) is 14.2 Å². The zero-order chi connectivity index (χ0) is 20.8. The number of carbonyl (C=O) groups excluding carboxylic acids is 2. The molecule has 0 bridgehead atoms. The third-order valence-electron chi connectivity index (χ3n) is 4.98. The van der Waals surface area contributed by atoms with Crippen molar-refractivity contribution in [2.24, 2.45) is 0 Å². The van der Waals surface area contributed by atoms with Crippen molar-refractivity contribution in [3.63, 3.8) is 0 Å². The number of benzene rings is 2. The minimum atomic E-state index is -0.295. The third kappa shape index (κ3) is 4.99. The third-order valence-corrected chi connectivity index (χ3v) is 4.98. The van der Waals surface area contributed by atoms with Crippen molar-refractivity contribution in [2.45, 2.75) is 19.8 Å². The second kappa shape index (κ2) is 9.32. The smallest absolute Gasteiger partial charge is 0.244 e. The molecule has 2 aromatic carbocycles. The number of nitrogens with one attached hydrogen (secondary N) is 1. The van der Waals surface area contributed by atoms with E-state index in [0.717, 1.165) is 18.8 Å². The van der Waals surface area contributed by atoms with Gasteiger partial charge in [-0.15, -0.1) is 0 Å². The predicted molar refractivity (Wildman–Crippen MR) is 114 cm³/mol. The Labute approximate surface area is 171 Å². The van der Waals surface area contributed by atoms with Crippen LogP contribution in [-0.4, -0.2) is 45.7 Å². The summed E-state index contributed by atoms with van der Waals surface area (Å²) in [5.74, 6) is 0.609. The van der Waals surface area contributed by atoms with Gasteiger partial charge in [0.2, 0.25) is 11.8 Å². The van der Waals surface area contributed by atoms with Crippen LogP contribution >= 0.6 is 0 Å². The minimum absolute atomic E-state index is 0.0766. The number of anilines is 3. The van der Waals surface area contributed by atoms with Crippen LogP contribution in [0.3, 0.4) is 0 Å². The summed E-state index contributed by atoms with van der Waals surface area (Å²) in [6, 6.07) is 12.9. The maximum Gasteiger partial charge on any atom is 0.244 e. The molecule has 0 radical (unpaired) electrons. The summed E-state index contributed by atoms with van der Waals surface area (Å²) < 4.78 is 10.5. The Morgan fingerprint density at radius 2 is 1.66 bits per heavy atom. The topological polar surface area (TPSA) is 71.1 Å². The summed E-state index contributed by atoms with van der Waals surface area (Å²) in [5.41, 5.74) is 2.41. The van der Waals surface area contributed by atoms with Gasteiger partial charge in [-0.1, -0.05) is 0 Å². The van der Waals surface area contributed by atoms with E-state index in [4.69, 9.17) is 9.47 Å². The molecule has 0 unspecified atom stereocenters. The summed E-state index contributed by atoms with van der Waals surface area (Å²) >= 11 is 0. The molecule has 0 aromatic heterocycles. The Hall–Kier alpha value is -3.22. The highest BCUT2D eigenvalue weighted by molar-refractivity contribution is 6.02. The fraction of sp³-hybridized carbons (Fsp3) is 0.364. The number of amides is 2. The van der Waals surface area contributed by atoms with Gasteiger partial charge in [-0.05, 0) is 49.2 Å². The molecular formula is C22H27N3O4. The van der Waals surface area contributed by atoms with Crippen LogP contribution in [0.5, 0.6) is 11.5 Å². The first kappa shape index (κ1) is 20.5. The highest BCUT2D eigenvalue weighted by Crippen LogP contribution is 2.30. The van der Waals surface area contributed by atoms with Crippen molar-refractivity contribution in [3.05, 3.63) is 42.5 Å². The van der Waals surface area contributed by atoms with Crippen molar-refractivity contribution in [2.75, 3.05) is 49.0 Å². The van der Waals surface area contributed by atoms with E-state index < -0.39 is 0 Å². The first-order chi connectivity index (χ1) is 14.0. The van der Waals surface area contributed by atoms with Crippen LogP contribution < -0.4 is 24.6 Å². The van der Waals surface area contributed by atoms with Crippen molar-refractivity contribution in [1.29, 1.82) is 0 Å². The van der Waals surface area contributed by atoms with Gasteiger partial charge in [0.25, 0.3) is 0 Å². The van der Waals surface area contributed by atoms with Crippen LogP contribution in [-0.2, 0) is 9.59 Å². The van der Waals surface area contributed by atoms with Gasteiger partial charge in [-0.3, -0.25) is 9.59 Å². The summed E-state index contributed by atoms with van der Waals surface area (Å²) in [5, 5.41) is 2.80. The van der Waals surface area contributed by atoms with E-state index in [2.05, 4.69) is 10.2 Å². The van der Waals surface area contributed by atoms with Gasteiger partial charge in [-0.2, -0.15) is 0 Å². The lowest BCUT2D eigenvalue weighted by Gasteiger charge is -2.23. The van der Waals surface area contributed by atoms with Crippen molar-refractivity contribution < 1.29 is 19.1 Å². The Kier molecular flexibility index (Phi) is 6.59. The molecular weight excluding hydrogens is 370 g/mol. The normalized spacial score (nSPS) is 13.1. The van der Waals surface area contributed by atoms with E-state index in [0.29, 0.717) is 22.9 Å². The van der Waals surface area contributed by atoms with E-state index in [9.17, 15) is 9.59 Å². The fourth-order valence-corrected chi connectivity index (χ4v) is 3.46. The SMILES string of the molecule is COc1ccc(NC(=O)CN(C(C)=O)c2ccc(N3CCCC3)cc2)cc1OC. The Morgan fingerprint density at radius 3 is 2.24 bits per heavy atom. The second-order valence-electron chi connectivity index (χ2n) is 6.93. The van der Waals surface area contributed by atoms with E-state index in [-0.39, 0.29) is 18.4 Å². The molecule has 7 nitrogen and oxygen atoms in total. The van der Waals surface area contributed by atoms with Gasteiger partial charge in [0.1, 0.15) is 6.54 Å². The quantitative estimate of drug-likeness (QED) is 0.776. The number of methoxy groups -OCH3 is 2. The van der Waals surface area contributed by atoms with Crippen LogP contribution in [0.1, 0.15) is 19.8 Å². The summed E-state index contributed by atoms with van der Waals surface area (Å²) in [6.07, 6.45) is 2.41. The molecule has 2 aromatic rings. The molecule has 0 atom stereocenters. The van der Waals surface area contributed by atoms with Gasteiger partial charge >= 0.3 is 0 Å². The summed E-state index contributed by atoms with van der Waals surface area (Å²) in [4.78, 5) is 28.5. The molecule has 1 fully saturated rings. The Balaban J connectivity index is 1.68. The molecule has 154 valence electrons. The van der Waals surface area contributed by atoms with Crippen molar-refractivity contribution >= 4 is 28.9 Å². The molecule has 1 aliphatic heterocycles. The number of carbonyl (C=O) groups is 2. The van der Waals surface area contributed by atoms with E-state index in [1.54, 1.807) is 25.3 Å². The average molecular weight is 397 g/mol. The number of rotatable bonds is 7. The molecule has 1 N–H and O–H groups in total. The molecule has 1 saturated heterocycles. The van der Waals surface area contributed by atoms with Crippen LogP contribution in [0, 0.1) is 0 Å². The summed E-state index contributed by atoms with van der Waals surface area (Å²) in [7, 11) is 3.09. The van der Waals surface area contributed by atoms with E-state index >= 15 is 0 Å². The molecule has 2 amide bonds. The number of ether oxygens (including phenoxy) is 2. The second-order valence-corrected chi connectivity index (χ2v) is 6.93.